The highest BCUT2D eigenvalue weighted by Gasteiger charge is 2.30. The highest BCUT2D eigenvalue weighted by atomic mass is 32.2. The summed E-state index contributed by atoms with van der Waals surface area (Å²) in [5.74, 6) is -1.78. The van der Waals surface area contributed by atoms with E-state index in [1.807, 2.05) is 6.07 Å². The van der Waals surface area contributed by atoms with Gasteiger partial charge in [0.2, 0.25) is 11.3 Å². The number of aromatic nitrogens is 2. The molecule has 0 radical (unpaired) electrons. The number of nitrogens with two attached hydrogens (primary N) is 1. The molecular weight excluding hydrogens is 517 g/mol. The molecule has 13 heteroatoms. The maximum Gasteiger partial charge on any atom is 0.491 e. The molecule has 5 N–H and O–H groups in total. The van der Waals surface area contributed by atoms with Crippen molar-refractivity contribution < 1.29 is 32.4 Å². The van der Waals surface area contributed by atoms with Gasteiger partial charge in [0.15, 0.2) is 0 Å². The van der Waals surface area contributed by atoms with Crippen LogP contribution in [0.5, 0.6) is 0 Å². The summed E-state index contributed by atoms with van der Waals surface area (Å²) < 4.78 is 52.7. The molecule has 4 aromatic rings. The number of amides is 1. The SMILES string of the molecule is NC(=O)c1c(-c2ccc(F)cc2)nn2cc(CN(Cc3ccc(B(O)O)c(F)c3)S(=O)O)c(C3CC3)cc12. The number of primary amides is 1. The van der Waals surface area contributed by atoms with Gasteiger partial charge >= 0.3 is 7.12 Å². The van der Waals surface area contributed by atoms with Crippen molar-refractivity contribution in [1.82, 2.24) is 13.9 Å². The van der Waals surface area contributed by atoms with E-state index in [2.05, 4.69) is 5.10 Å². The van der Waals surface area contributed by atoms with Crippen molar-refractivity contribution in [1.29, 1.82) is 0 Å². The molecule has 0 bridgehead atoms. The second-order valence-electron chi connectivity index (χ2n) is 9.21. The first kappa shape index (κ1) is 26.1. The lowest BCUT2D eigenvalue weighted by molar-refractivity contribution is 0.100. The Kier molecular flexibility index (Phi) is 7.12. The minimum Gasteiger partial charge on any atom is -0.423 e. The molecular formula is C25H23BF2N4O5S. The van der Waals surface area contributed by atoms with Crippen LogP contribution in [0.15, 0.2) is 54.7 Å². The highest BCUT2D eigenvalue weighted by Crippen LogP contribution is 2.43. The van der Waals surface area contributed by atoms with Gasteiger partial charge in [0.1, 0.15) is 17.3 Å². The summed E-state index contributed by atoms with van der Waals surface area (Å²) in [5.41, 5.74) is 8.80. The van der Waals surface area contributed by atoms with Crippen LogP contribution >= 0.6 is 0 Å². The second kappa shape index (κ2) is 10.3. The van der Waals surface area contributed by atoms with E-state index in [0.29, 0.717) is 27.9 Å². The monoisotopic (exact) mass is 540 g/mol. The van der Waals surface area contributed by atoms with Crippen molar-refractivity contribution in [2.24, 2.45) is 5.73 Å². The van der Waals surface area contributed by atoms with Crippen LogP contribution < -0.4 is 11.2 Å². The molecule has 2 aromatic heterocycles. The van der Waals surface area contributed by atoms with Crippen molar-refractivity contribution in [3.8, 4) is 11.3 Å². The number of rotatable bonds is 9. The van der Waals surface area contributed by atoms with E-state index in [-0.39, 0.29) is 30.0 Å². The molecule has 0 spiro atoms. The summed E-state index contributed by atoms with van der Waals surface area (Å²) in [6, 6.07) is 11.1. The van der Waals surface area contributed by atoms with Gasteiger partial charge in [-0.3, -0.25) is 9.35 Å². The predicted molar refractivity (Wildman–Crippen MR) is 137 cm³/mol. The van der Waals surface area contributed by atoms with E-state index < -0.39 is 35.9 Å². The molecule has 38 heavy (non-hydrogen) atoms. The van der Waals surface area contributed by atoms with Gasteiger partial charge in [0.05, 0.1) is 11.1 Å². The molecule has 1 unspecified atom stereocenters. The van der Waals surface area contributed by atoms with Crippen molar-refractivity contribution in [3.63, 3.8) is 0 Å². The first-order chi connectivity index (χ1) is 18.1. The van der Waals surface area contributed by atoms with E-state index in [1.165, 1.54) is 45.2 Å². The van der Waals surface area contributed by atoms with Crippen LogP contribution in [0.4, 0.5) is 8.78 Å². The molecule has 196 valence electrons. The van der Waals surface area contributed by atoms with Gasteiger partial charge in [-0.15, -0.1) is 0 Å². The third kappa shape index (κ3) is 5.24. The summed E-state index contributed by atoms with van der Waals surface area (Å²) in [4.78, 5) is 12.4. The molecule has 1 amide bonds. The summed E-state index contributed by atoms with van der Waals surface area (Å²) in [6.07, 6.45) is 3.49. The van der Waals surface area contributed by atoms with Gasteiger partial charge in [0.25, 0.3) is 5.91 Å². The Bertz CT molecular complexity index is 1560. The quantitative estimate of drug-likeness (QED) is 0.189. The first-order valence-electron chi connectivity index (χ1n) is 11.7. The normalized spacial score (nSPS) is 14.3. The molecule has 1 fully saturated rings. The Morgan fingerprint density at radius 2 is 1.84 bits per heavy atom. The van der Waals surface area contributed by atoms with Crippen LogP contribution in [0, 0.1) is 11.6 Å². The number of halogens is 2. The van der Waals surface area contributed by atoms with Gasteiger partial charge < -0.3 is 15.8 Å². The van der Waals surface area contributed by atoms with Crippen LogP contribution in [0.25, 0.3) is 16.8 Å². The van der Waals surface area contributed by atoms with E-state index in [1.54, 1.807) is 6.20 Å². The molecule has 0 aliphatic heterocycles. The van der Waals surface area contributed by atoms with Gasteiger partial charge in [0, 0.05) is 30.3 Å². The number of hydrogen-bond acceptors (Lipinski definition) is 5. The minimum absolute atomic E-state index is 0.00846. The Hall–Kier alpha value is -3.49. The van der Waals surface area contributed by atoms with Crippen LogP contribution in [0.3, 0.4) is 0 Å². The van der Waals surface area contributed by atoms with Crippen molar-refractivity contribution in [2.75, 3.05) is 0 Å². The molecule has 1 aliphatic rings. The van der Waals surface area contributed by atoms with Crippen molar-refractivity contribution in [3.05, 3.63) is 88.6 Å². The van der Waals surface area contributed by atoms with Gasteiger partial charge in [-0.05, 0) is 71.8 Å². The molecule has 9 nitrogen and oxygen atoms in total. The second-order valence-corrected chi connectivity index (χ2v) is 10.2. The van der Waals surface area contributed by atoms with Crippen LogP contribution in [-0.2, 0) is 24.4 Å². The number of carbonyl (C=O) groups is 1. The number of fused-ring (bicyclic) bond motifs is 1. The molecule has 5 rings (SSSR count). The highest BCUT2D eigenvalue weighted by molar-refractivity contribution is 7.76. The number of nitrogens with zero attached hydrogens (tertiary/aromatic N) is 3. The molecule has 2 aromatic carbocycles. The molecule has 1 aliphatic carbocycles. The number of carbonyl (C=O) groups excluding carboxylic acids is 1. The lowest BCUT2D eigenvalue weighted by atomic mass is 9.79. The van der Waals surface area contributed by atoms with Crippen LogP contribution in [0.2, 0.25) is 0 Å². The zero-order valence-electron chi connectivity index (χ0n) is 19.9. The number of pyridine rings is 1. The summed E-state index contributed by atoms with van der Waals surface area (Å²) in [5, 5.41) is 23.0. The van der Waals surface area contributed by atoms with Gasteiger partial charge in [-0.2, -0.15) is 9.40 Å². The Morgan fingerprint density at radius 1 is 1.13 bits per heavy atom. The minimum atomic E-state index is -2.43. The van der Waals surface area contributed by atoms with E-state index in [4.69, 9.17) is 5.73 Å². The summed E-state index contributed by atoms with van der Waals surface area (Å²) in [7, 11) is -1.97. The Balaban J connectivity index is 1.54. The maximum atomic E-state index is 14.3. The molecule has 0 saturated heterocycles. The van der Waals surface area contributed by atoms with Gasteiger partial charge in [-0.25, -0.2) is 17.5 Å². The third-order valence-corrected chi connectivity index (χ3v) is 7.24. The number of benzene rings is 2. The van der Waals surface area contributed by atoms with E-state index in [9.17, 15) is 32.4 Å². The first-order valence-corrected chi connectivity index (χ1v) is 12.8. The topological polar surface area (TPSA) is 141 Å². The largest absolute Gasteiger partial charge is 0.491 e. The molecule has 1 atom stereocenters. The average molecular weight is 540 g/mol. The maximum absolute atomic E-state index is 14.3. The zero-order valence-corrected chi connectivity index (χ0v) is 20.7. The van der Waals surface area contributed by atoms with Crippen LogP contribution in [0.1, 0.15) is 45.8 Å². The predicted octanol–water partition coefficient (Wildman–Crippen LogP) is 2.07. The molecule has 1 saturated carbocycles. The zero-order chi connectivity index (χ0) is 27.1. The fourth-order valence-electron chi connectivity index (χ4n) is 4.54. The van der Waals surface area contributed by atoms with E-state index in [0.717, 1.165) is 24.5 Å². The summed E-state index contributed by atoms with van der Waals surface area (Å²) in [6.45, 7) is -0.0923. The fourth-order valence-corrected chi connectivity index (χ4v) is 5.05. The smallest absolute Gasteiger partial charge is 0.423 e. The third-order valence-electron chi connectivity index (χ3n) is 6.54. The van der Waals surface area contributed by atoms with Crippen LogP contribution in [-0.4, -0.2) is 45.8 Å². The summed E-state index contributed by atoms with van der Waals surface area (Å²) >= 11 is -2.43. The van der Waals surface area contributed by atoms with Crippen molar-refractivity contribution in [2.45, 2.75) is 31.8 Å². The molecule has 2 heterocycles. The Labute approximate surface area is 219 Å². The van der Waals surface area contributed by atoms with Gasteiger partial charge in [-0.1, -0.05) is 12.1 Å². The van der Waals surface area contributed by atoms with E-state index >= 15 is 0 Å². The lowest BCUT2D eigenvalue weighted by Crippen LogP contribution is -2.33. The average Bonchev–Trinajstić information content (AvgIpc) is 3.63. The standard InChI is InChI=1S/C25H23BF2N4O5S/c27-18-6-4-16(5-7-18)24-23(25(29)33)22-10-19(15-2-3-15)17(13-32(22)30-24)12-31(38(36)37)11-14-1-8-20(26(34)35)21(28)9-14/h1,4-10,13,15,34-35H,2-3,11-12H2,(H2,29,33)(H,36,37). The Morgan fingerprint density at radius 3 is 2.42 bits per heavy atom. The van der Waals surface area contributed by atoms with Crippen molar-refractivity contribution >= 4 is 35.3 Å². The lowest BCUT2D eigenvalue weighted by Gasteiger charge is -2.20. The fraction of sp³-hybridized carbons (Fsp3) is 0.200. The number of hydrogen-bond donors (Lipinski definition) is 4.